The van der Waals surface area contributed by atoms with Crippen molar-refractivity contribution in [2.75, 3.05) is 11.9 Å². The lowest BCUT2D eigenvalue weighted by Gasteiger charge is -2.07. The molecule has 0 saturated carbocycles. The van der Waals surface area contributed by atoms with Crippen LogP contribution < -0.4 is 10.6 Å². The summed E-state index contributed by atoms with van der Waals surface area (Å²) in [6.07, 6.45) is 2.73. The van der Waals surface area contributed by atoms with Gasteiger partial charge in [0.25, 0.3) is 0 Å². The molecule has 0 aliphatic carbocycles. The lowest BCUT2D eigenvalue weighted by Crippen LogP contribution is -2.20. The summed E-state index contributed by atoms with van der Waals surface area (Å²) in [6, 6.07) is 4.50. The van der Waals surface area contributed by atoms with E-state index < -0.39 is 5.82 Å². The Hall–Kier alpha value is -1.43. The van der Waals surface area contributed by atoms with Gasteiger partial charge in [-0.1, -0.05) is 22.4 Å². The third-order valence-electron chi connectivity index (χ3n) is 2.66. The number of anilines is 1. The van der Waals surface area contributed by atoms with Gasteiger partial charge in [0.2, 0.25) is 11.8 Å². The van der Waals surface area contributed by atoms with Crippen LogP contribution in [0.15, 0.2) is 22.7 Å². The van der Waals surface area contributed by atoms with Gasteiger partial charge in [0, 0.05) is 24.4 Å². The first kappa shape index (κ1) is 16.6. The van der Waals surface area contributed by atoms with Gasteiger partial charge in [0.15, 0.2) is 0 Å². The highest BCUT2D eigenvalue weighted by Crippen LogP contribution is 2.19. The molecule has 2 N–H and O–H groups in total. The maximum absolute atomic E-state index is 13.5. The minimum atomic E-state index is -0.460. The Balaban J connectivity index is 2.22. The number of unbranched alkanes of at least 4 members (excludes halogenated alkanes) is 2. The number of rotatable bonds is 7. The van der Waals surface area contributed by atoms with Crippen LogP contribution in [-0.2, 0) is 9.59 Å². The molecule has 0 fully saturated rings. The average molecular weight is 345 g/mol. The Bertz CT molecular complexity index is 480. The van der Waals surface area contributed by atoms with Crippen molar-refractivity contribution in [3.8, 4) is 0 Å². The second-order valence-corrected chi connectivity index (χ2v) is 5.38. The number of benzene rings is 1. The molecule has 2 amide bonds. The predicted octanol–water partition coefficient (Wildman–Crippen LogP) is 3.22. The first-order valence-corrected chi connectivity index (χ1v) is 7.27. The van der Waals surface area contributed by atoms with Crippen LogP contribution >= 0.6 is 15.9 Å². The molecule has 0 heterocycles. The van der Waals surface area contributed by atoms with E-state index in [9.17, 15) is 14.0 Å². The minimum Gasteiger partial charge on any atom is -0.356 e. The van der Waals surface area contributed by atoms with E-state index in [1.807, 2.05) is 0 Å². The topological polar surface area (TPSA) is 58.2 Å². The van der Waals surface area contributed by atoms with E-state index in [0.29, 0.717) is 23.9 Å². The Kier molecular flexibility index (Phi) is 7.22. The van der Waals surface area contributed by atoms with Crippen molar-refractivity contribution in [1.29, 1.82) is 0 Å². The van der Waals surface area contributed by atoms with Gasteiger partial charge in [-0.05, 0) is 31.0 Å². The number of carbonyl (C=O) groups excluding carboxylic acids is 2. The molecule has 0 unspecified atom stereocenters. The highest BCUT2D eigenvalue weighted by Gasteiger charge is 2.07. The molecular formula is C14H18BrFN2O2. The predicted molar refractivity (Wildman–Crippen MR) is 79.9 cm³/mol. The van der Waals surface area contributed by atoms with Crippen molar-refractivity contribution in [2.24, 2.45) is 0 Å². The van der Waals surface area contributed by atoms with E-state index in [1.54, 1.807) is 6.07 Å². The van der Waals surface area contributed by atoms with E-state index in [0.717, 1.165) is 12.8 Å². The summed E-state index contributed by atoms with van der Waals surface area (Å²) in [5, 5.41) is 5.23. The molecule has 0 atom stereocenters. The van der Waals surface area contributed by atoms with Gasteiger partial charge in [-0.15, -0.1) is 0 Å². The quantitative estimate of drug-likeness (QED) is 0.746. The molecule has 1 aromatic rings. The monoisotopic (exact) mass is 344 g/mol. The van der Waals surface area contributed by atoms with Crippen LogP contribution in [0.3, 0.4) is 0 Å². The molecule has 110 valence electrons. The molecule has 0 aliphatic heterocycles. The highest BCUT2D eigenvalue weighted by molar-refractivity contribution is 9.10. The molecule has 6 heteroatoms. The van der Waals surface area contributed by atoms with Crippen LogP contribution in [0.25, 0.3) is 0 Å². The molecule has 0 spiro atoms. The number of amides is 2. The number of nitrogens with one attached hydrogen (secondary N) is 2. The fourth-order valence-electron chi connectivity index (χ4n) is 1.66. The van der Waals surface area contributed by atoms with Gasteiger partial charge in [0.1, 0.15) is 5.82 Å². The third-order valence-corrected chi connectivity index (χ3v) is 3.15. The second-order valence-electron chi connectivity index (χ2n) is 4.47. The first-order valence-electron chi connectivity index (χ1n) is 6.48. The van der Waals surface area contributed by atoms with Crippen LogP contribution in [0.1, 0.15) is 32.6 Å². The highest BCUT2D eigenvalue weighted by atomic mass is 79.9. The molecule has 0 bridgehead atoms. The van der Waals surface area contributed by atoms with Crippen molar-refractivity contribution in [2.45, 2.75) is 32.6 Å². The zero-order chi connectivity index (χ0) is 15.0. The van der Waals surface area contributed by atoms with Crippen molar-refractivity contribution in [3.05, 3.63) is 28.5 Å². The summed E-state index contributed by atoms with van der Waals surface area (Å²) in [5.74, 6) is -0.711. The molecule has 0 radical (unpaired) electrons. The van der Waals surface area contributed by atoms with Gasteiger partial charge >= 0.3 is 0 Å². The van der Waals surface area contributed by atoms with Crippen molar-refractivity contribution >= 4 is 33.4 Å². The zero-order valence-electron chi connectivity index (χ0n) is 11.3. The van der Waals surface area contributed by atoms with Crippen LogP contribution in [0.5, 0.6) is 0 Å². The van der Waals surface area contributed by atoms with Crippen molar-refractivity contribution in [1.82, 2.24) is 5.32 Å². The van der Waals surface area contributed by atoms with Gasteiger partial charge in [-0.3, -0.25) is 9.59 Å². The van der Waals surface area contributed by atoms with Crippen LogP contribution in [-0.4, -0.2) is 18.4 Å². The largest absolute Gasteiger partial charge is 0.356 e. The fourth-order valence-corrected chi connectivity index (χ4v) is 1.99. The lowest BCUT2D eigenvalue weighted by atomic mass is 10.2. The summed E-state index contributed by atoms with van der Waals surface area (Å²) < 4.78 is 14.1. The van der Waals surface area contributed by atoms with E-state index in [2.05, 4.69) is 26.6 Å². The fraction of sp³-hybridized carbons (Fsp3) is 0.429. The van der Waals surface area contributed by atoms with Gasteiger partial charge in [-0.2, -0.15) is 0 Å². The normalized spacial score (nSPS) is 10.2. The van der Waals surface area contributed by atoms with Gasteiger partial charge < -0.3 is 10.6 Å². The number of carbonyl (C=O) groups is 2. The van der Waals surface area contributed by atoms with E-state index in [-0.39, 0.29) is 17.5 Å². The van der Waals surface area contributed by atoms with Gasteiger partial charge in [-0.25, -0.2) is 4.39 Å². The maximum atomic E-state index is 13.5. The molecule has 0 aliphatic rings. The maximum Gasteiger partial charge on any atom is 0.224 e. The SMILES string of the molecule is CC(=O)NCCCCCC(=O)Nc1ccc(Br)cc1F. The van der Waals surface area contributed by atoms with E-state index in [1.165, 1.54) is 19.1 Å². The molecule has 4 nitrogen and oxygen atoms in total. The summed E-state index contributed by atoms with van der Waals surface area (Å²) in [5.41, 5.74) is 0.191. The second kappa shape index (κ2) is 8.68. The van der Waals surface area contributed by atoms with Crippen LogP contribution in [0, 0.1) is 5.82 Å². The molecule has 0 aromatic heterocycles. The summed E-state index contributed by atoms with van der Waals surface area (Å²) >= 11 is 3.16. The standard InChI is InChI=1S/C14H18BrFN2O2/c1-10(19)17-8-4-2-3-5-14(20)18-13-7-6-11(15)9-12(13)16/h6-7,9H,2-5,8H2,1H3,(H,17,19)(H,18,20). The molecular weight excluding hydrogens is 327 g/mol. The average Bonchev–Trinajstić information content (AvgIpc) is 2.36. The van der Waals surface area contributed by atoms with Crippen molar-refractivity contribution in [3.63, 3.8) is 0 Å². The molecule has 1 rings (SSSR count). The van der Waals surface area contributed by atoms with Crippen molar-refractivity contribution < 1.29 is 14.0 Å². The van der Waals surface area contributed by atoms with Crippen LogP contribution in [0.2, 0.25) is 0 Å². The molecule has 1 aromatic carbocycles. The summed E-state index contributed by atoms with van der Waals surface area (Å²) in [7, 11) is 0. The minimum absolute atomic E-state index is 0.0477. The lowest BCUT2D eigenvalue weighted by molar-refractivity contribution is -0.119. The Labute approximate surface area is 126 Å². The first-order chi connectivity index (χ1) is 9.49. The smallest absolute Gasteiger partial charge is 0.224 e. The molecule has 0 saturated heterocycles. The van der Waals surface area contributed by atoms with Gasteiger partial charge in [0.05, 0.1) is 5.69 Å². The van der Waals surface area contributed by atoms with E-state index >= 15 is 0 Å². The Morgan fingerprint density at radius 3 is 2.65 bits per heavy atom. The van der Waals surface area contributed by atoms with E-state index in [4.69, 9.17) is 0 Å². The third kappa shape index (κ3) is 6.65. The number of hydrogen-bond acceptors (Lipinski definition) is 2. The summed E-state index contributed by atoms with van der Waals surface area (Å²) in [4.78, 5) is 22.3. The molecule has 20 heavy (non-hydrogen) atoms. The van der Waals surface area contributed by atoms with Crippen LogP contribution in [0.4, 0.5) is 10.1 Å². The number of halogens is 2. The summed E-state index contributed by atoms with van der Waals surface area (Å²) in [6.45, 7) is 2.10. The zero-order valence-corrected chi connectivity index (χ0v) is 12.9. The Morgan fingerprint density at radius 1 is 1.25 bits per heavy atom. The Morgan fingerprint density at radius 2 is 2.00 bits per heavy atom. The number of hydrogen-bond donors (Lipinski definition) is 2.